The van der Waals surface area contributed by atoms with Crippen molar-refractivity contribution in [1.82, 2.24) is 14.5 Å². The van der Waals surface area contributed by atoms with Crippen LogP contribution in [0.1, 0.15) is 5.56 Å². The van der Waals surface area contributed by atoms with Crippen LogP contribution in [0.4, 0.5) is 4.79 Å². The third-order valence-corrected chi connectivity index (χ3v) is 4.16. The highest BCUT2D eigenvalue weighted by molar-refractivity contribution is 5.68. The first-order valence-corrected chi connectivity index (χ1v) is 7.99. The summed E-state index contributed by atoms with van der Waals surface area (Å²) in [5, 5.41) is 19.0. The van der Waals surface area contributed by atoms with Gasteiger partial charge in [0.1, 0.15) is 5.75 Å². The SMILES string of the molecule is COc1ccc(CN2CCN(C(=O)On3c(O)ccc3O)CC2)cc1. The lowest BCUT2D eigenvalue weighted by Gasteiger charge is -2.33. The second-order valence-electron chi connectivity index (χ2n) is 5.81. The van der Waals surface area contributed by atoms with Crippen LogP contribution in [0.5, 0.6) is 17.5 Å². The van der Waals surface area contributed by atoms with Crippen molar-refractivity contribution in [3.63, 3.8) is 0 Å². The lowest BCUT2D eigenvalue weighted by Crippen LogP contribution is -2.50. The monoisotopic (exact) mass is 347 g/mol. The molecule has 1 saturated heterocycles. The highest BCUT2D eigenvalue weighted by Crippen LogP contribution is 2.19. The fourth-order valence-corrected chi connectivity index (χ4v) is 2.71. The number of benzene rings is 1. The van der Waals surface area contributed by atoms with Crippen molar-refractivity contribution in [2.45, 2.75) is 6.54 Å². The molecule has 1 aliphatic rings. The molecule has 0 aliphatic carbocycles. The normalized spacial score (nSPS) is 15.2. The maximum Gasteiger partial charge on any atom is 0.434 e. The van der Waals surface area contributed by atoms with Gasteiger partial charge < -0.3 is 24.7 Å². The third kappa shape index (κ3) is 3.97. The molecule has 0 spiro atoms. The van der Waals surface area contributed by atoms with Crippen molar-refractivity contribution in [2.75, 3.05) is 33.3 Å². The highest BCUT2D eigenvalue weighted by atomic mass is 16.7. The Balaban J connectivity index is 1.50. The molecule has 2 heterocycles. The van der Waals surface area contributed by atoms with E-state index in [1.54, 1.807) is 12.0 Å². The fraction of sp³-hybridized carbons (Fsp3) is 0.353. The number of aromatic nitrogens is 1. The van der Waals surface area contributed by atoms with E-state index in [1.165, 1.54) is 17.7 Å². The quantitative estimate of drug-likeness (QED) is 0.866. The molecule has 134 valence electrons. The summed E-state index contributed by atoms with van der Waals surface area (Å²) in [6.45, 7) is 3.25. The Kier molecular flexibility index (Phi) is 4.99. The molecule has 1 fully saturated rings. The van der Waals surface area contributed by atoms with E-state index >= 15 is 0 Å². The first-order chi connectivity index (χ1) is 12.1. The van der Waals surface area contributed by atoms with Gasteiger partial charge in [-0.15, -0.1) is 4.73 Å². The average molecular weight is 347 g/mol. The summed E-state index contributed by atoms with van der Waals surface area (Å²) < 4.78 is 5.85. The zero-order chi connectivity index (χ0) is 17.8. The van der Waals surface area contributed by atoms with Crippen molar-refractivity contribution >= 4 is 6.09 Å². The van der Waals surface area contributed by atoms with Gasteiger partial charge in [-0.3, -0.25) is 4.90 Å². The molecule has 0 atom stereocenters. The number of rotatable bonds is 4. The minimum absolute atomic E-state index is 0.330. The molecule has 25 heavy (non-hydrogen) atoms. The number of hydrogen-bond donors (Lipinski definition) is 2. The minimum Gasteiger partial charge on any atom is -0.497 e. The maximum atomic E-state index is 12.1. The fourth-order valence-electron chi connectivity index (χ4n) is 2.71. The van der Waals surface area contributed by atoms with Crippen LogP contribution in [0.15, 0.2) is 36.4 Å². The summed E-state index contributed by atoms with van der Waals surface area (Å²) in [5.41, 5.74) is 1.18. The van der Waals surface area contributed by atoms with Crippen molar-refractivity contribution in [2.24, 2.45) is 0 Å². The van der Waals surface area contributed by atoms with Crippen molar-refractivity contribution in [1.29, 1.82) is 0 Å². The van der Waals surface area contributed by atoms with Gasteiger partial charge in [-0.2, -0.15) is 0 Å². The standard InChI is InChI=1S/C17H21N3O5/c1-24-14-4-2-13(3-5-14)12-18-8-10-19(11-9-18)17(23)25-20-15(21)6-7-16(20)22/h2-7,21-22H,8-12H2,1H3. The molecular formula is C17H21N3O5. The van der Waals surface area contributed by atoms with Crippen LogP contribution in [0.2, 0.25) is 0 Å². The summed E-state index contributed by atoms with van der Waals surface area (Å²) in [5.74, 6) is 0.167. The Morgan fingerprint density at radius 1 is 1.00 bits per heavy atom. The summed E-state index contributed by atoms with van der Waals surface area (Å²) in [7, 11) is 1.64. The molecule has 1 aromatic carbocycles. The number of aromatic hydroxyl groups is 2. The lowest BCUT2D eigenvalue weighted by atomic mass is 10.2. The van der Waals surface area contributed by atoms with E-state index in [9.17, 15) is 15.0 Å². The van der Waals surface area contributed by atoms with E-state index in [4.69, 9.17) is 9.57 Å². The molecule has 0 saturated carbocycles. The van der Waals surface area contributed by atoms with Crippen molar-refractivity contribution in [3.05, 3.63) is 42.0 Å². The second-order valence-corrected chi connectivity index (χ2v) is 5.81. The van der Waals surface area contributed by atoms with Gasteiger partial charge >= 0.3 is 6.09 Å². The van der Waals surface area contributed by atoms with Gasteiger partial charge in [0.15, 0.2) is 0 Å². The second kappa shape index (κ2) is 7.35. The van der Waals surface area contributed by atoms with Gasteiger partial charge in [-0.1, -0.05) is 12.1 Å². The predicted octanol–water partition coefficient (Wildman–Crippen LogP) is 1.27. The summed E-state index contributed by atoms with van der Waals surface area (Å²) in [4.78, 5) is 20.9. The smallest absolute Gasteiger partial charge is 0.434 e. The number of ether oxygens (including phenoxy) is 1. The minimum atomic E-state index is -0.606. The average Bonchev–Trinajstić information content (AvgIpc) is 2.95. The molecule has 2 N–H and O–H groups in total. The predicted molar refractivity (Wildman–Crippen MR) is 89.6 cm³/mol. The maximum absolute atomic E-state index is 12.1. The molecule has 8 nitrogen and oxygen atoms in total. The highest BCUT2D eigenvalue weighted by Gasteiger charge is 2.24. The van der Waals surface area contributed by atoms with E-state index in [0.717, 1.165) is 12.3 Å². The van der Waals surface area contributed by atoms with Gasteiger partial charge in [-0.25, -0.2) is 4.79 Å². The Bertz CT molecular complexity index is 701. The molecule has 8 heteroatoms. The van der Waals surface area contributed by atoms with Crippen LogP contribution in [-0.2, 0) is 6.54 Å². The van der Waals surface area contributed by atoms with E-state index in [-0.39, 0.29) is 11.8 Å². The summed E-state index contributed by atoms with van der Waals surface area (Å²) >= 11 is 0. The van der Waals surface area contributed by atoms with E-state index in [0.29, 0.717) is 30.9 Å². The van der Waals surface area contributed by atoms with Crippen molar-refractivity contribution < 1.29 is 24.6 Å². The van der Waals surface area contributed by atoms with Gasteiger partial charge in [0.2, 0.25) is 11.8 Å². The van der Waals surface area contributed by atoms with Crippen LogP contribution < -0.4 is 9.57 Å². The van der Waals surface area contributed by atoms with Gasteiger partial charge in [0, 0.05) is 44.9 Å². The van der Waals surface area contributed by atoms with Crippen LogP contribution in [0.25, 0.3) is 0 Å². The zero-order valence-corrected chi connectivity index (χ0v) is 14.0. The summed E-state index contributed by atoms with van der Waals surface area (Å²) in [6, 6.07) is 10.4. The Morgan fingerprint density at radius 3 is 2.16 bits per heavy atom. The van der Waals surface area contributed by atoms with Crippen LogP contribution in [-0.4, -0.2) is 64.1 Å². The molecule has 3 rings (SSSR count). The lowest BCUT2D eigenvalue weighted by molar-refractivity contribution is 0.0555. The Labute approximate surface area is 145 Å². The third-order valence-electron chi connectivity index (χ3n) is 4.16. The van der Waals surface area contributed by atoms with Crippen LogP contribution in [0, 0.1) is 0 Å². The van der Waals surface area contributed by atoms with Crippen molar-refractivity contribution in [3.8, 4) is 17.5 Å². The molecule has 1 aromatic heterocycles. The molecule has 2 aromatic rings. The number of amides is 1. The molecule has 1 aliphatic heterocycles. The molecule has 0 unspecified atom stereocenters. The zero-order valence-electron chi connectivity index (χ0n) is 14.0. The van der Waals surface area contributed by atoms with Crippen LogP contribution >= 0.6 is 0 Å². The number of piperazine rings is 1. The summed E-state index contributed by atoms with van der Waals surface area (Å²) in [6.07, 6.45) is -0.606. The van der Waals surface area contributed by atoms with E-state index < -0.39 is 6.09 Å². The largest absolute Gasteiger partial charge is 0.497 e. The van der Waals surface area contributed by atoms with Gasteiger partial charge in [0.25, 0.3) is 0 Å². The topological polar surface area (TPSA) is 87.4 Å². The molecular weight excluding hydrogens is 326 g/mol. The number of hydrogen-bond acceptors (Lipinski definition) is 6. The molecule has 0 bridgehead atoms. The van der Waals surface area contributed by atoms with E-state index in [2.05, 4.69) is 4.90 Å². The first kappa shape index (κ1) is 17.0. The first-order valence-electron chi connectivity index (χ1n) is 7.99. The van der Waals surface area contributed by atoms with Gasteiger partial charge in [0.05, 0.1) is 7.11 Å². The number of methoxy groups -OCH3 is 1. The Morgan fingerprint density at radius 2 is 1.60 bits per heavy atom. The molecule has 1 amide bonds. The number of carbonyl (C=O) groups excluding carboxylic acids is 1. The number of nitrogens with zero attached hydrogens (tertiary/aromatic N) is 3. The van der Waals surface area contributed by atoms with Gasteiger partial charge in [-0.05, 0) is 17.7 Å². The number of carbonyl (C=O) groups is 1. The van der Waals surface area contributed by atoms with Crippen LogP contribution in [0.3, 0.4) is 0 Å². The Hall–Kier alpha value is -2.87. The van der Waals surface area contributed by atoms with E-state index in [1.807, 2.05) is 24.3 Å². The molecule has 0 radical (unpaired) electrons.